The van der Waals surface area contributed by atoms with Gasteiger partial charge in [-0.15, -0.1) is 0 Å². The summed E-state index contributed by atoms with van der Waals surface area (Å²) in [5.74, 6) is 2.17. The first-order chi connectivity index (χ1) is 15.7. The molecule has 0 radical (unpaired) electrons. The van der Waals surface area contributed by atoms with E-state index in [1.54, 1.807) is 14.2 Å². The van der Waals surface area contributed by atoms with Gasteiger partial charge in [0.15, 0.2) is 0 Å². The van der Waals surface area contributed by atoms with Crippen LogP contribution < -0.4 is 9.47 Å². The van der Waals surface area contributed by atoms with Gasteiger partial charge in [0.25, 0.3) is 0 Å². The molecule has 0 saturated carbocycles. The average molecular weight is 438 g/mol. The van der Waals surface area contributed by atoms with Crippen LogP contribution in [0.1, 0.15) is 24.0 Å². The molecule has 2 aromatic carbocycles. The Balaban J connectivity index is 1.23. The SMILES string of the molecule is COc1ccc(CN2CCC(C(=O)N3CCN(Cc4ccccc4)CC3)CC2)c(OC)c1. The van der Waals surface area contributed by atoms with Gasteiger partial charge in [-0.2, -0.15) is 0 Å². The van der Waals surface area contributed by atoms with Crippen LogP contribution in [0.2, 0.25) is 0 Å². The van der Waals surface area contributed by atoms with E-state index in [0.717, 1.165) is 82.3 Å². The normalized spacial score (nSPS) is 18.5. The van der Waals surface area contributed by atoms with Crippen LogP contribution >= 0.6 is 0 Å². The molecule has 2 saturated heterocycles. The minimum Gasteiger partial charge on any atom is -0.497 e. The van der Waals surface area contributed by atoms with Crippen molar-refractivity contribution in [1.29, 1.82) is 0 Å². The molecule has 0 aromatic heterocycles. The zero-order valence-corrected chi connectivity index (χ0v) is 19.3. The van der Waals surface area contributed by atoms with Crippen molar-refractivity contribution < 1.29 is 14.3 Å². The summed E-state index contributed by atoms with van der Waals surface area (Å²) in [5.41, 5.74) is 2.50. The molecule has 0 spiro atoms. The van der Waals surface area contributed by atoms with Crippen LogP contribution in [0.5, 0.6) is 11.5 Å². The van der Waals surface area contributed by atoms with Crippen molar-refractivity contribution in [3.63, 3.8) is 0 Å². The van der Waals surface area contributed by atoms with Gasteiger partial charge in [0.2, 0.25) is 5.91 Å². The first-order valence-corrected chi connectivity index (χ1v) is 11.6. The second-order valence-corrected chi connectivity index (χ2v) is 8.82. The maximum atomic E-state index is 13.1. The third-order valence-electron chi connectivity index (χ3n) is 6.76. The molecule has 172 valence electrons. The predicted octanol–water partition coefficient (Wildman–Crippen LogP) is 3.26. The molecule has 0 aliphatic carbocycles. The highest BCUT2D eigenvalue weighted by molar-refractivity contribution is 5.79. The lowest BCUT2D eigenvalue weighted by molar-refractivity contribution is -0.139. The fraction of sp³-hybridized carbons (Fsp3) is 0.500. The van der Waals surface area contributed by atoms with E-state index in [2.05, 4.69) is 51.1 Å². The number of benzene rings is 2. The van der Waals surface area contributed by atoms with E-state index >= 15 is 0 Å². The van der Waals surface area contributed by atoms with Crippen molar-refractivity contribution in [1.82, 2.24) is 14.7 Å². The number of piperidine rings is 1. The van der Waals surface area contributed by atoms with Crippen LogP contribution in [0, 0.1) is 5.92 Å². The molecule has 2 aliphatic rings. The minimum absolute atomic E-state index is 0.157. The quantitative estimate of drug-likeness (QED) is 0.665. The van der Waals surface area contributed by atoms with Gasteiger partial charge in [-0.3, -0.25) is 14.6 Å². The van der Waals surface area contributed by atoms with Crippen molar-refractivity contribution in [2.75, 3.05) is 53.5 Å². The Morgan fingerprint density at radius 3 is 2.19 bits per heavy atom. The minimum atomic E-state index is 0.157. The number of carbonyl (C=O) groups is 1. The largest absolute Gasteiger partial charge is 0.497 e. The van der Waals surface area contributed by atoms with Crippen LogP contribution in [-0.4, -0.2) is 74.1 Å². The van der Waals surface area contributed by atoms with Crippen LogP contribution in [-0.2, 0) is 17.9 Å². The highest BCUT2D eigenvalue weighted by Gasteiger charge is 2.30. The van der Waals surface area contributed by atoms with Gasteiger partial charge >= 0.3 is 0 Å². The van der Waals surface area contributed by atoms with E-state index in [1.807, 2.05) is 12.1 Å². The van der Waals surface area contributed by atoms with Gasteiger partial charge in [-0.05, 0) is 37.6 Å². The number of ether oxygens (including phenoxy) is 2. The molecule has 0 N–H and O–H groups in total. The van der Waals surface area contributed by atoms with E-state index in [1.165, 1.54) is 5.56 Å². The Morgan fingerprint density at radius 2 is 1.53 bits per heavy atom. The smallest absolute Gasteiger partial charge is 0.225 e. The monoisotopic (exact) mass is 437 g/mol. The molecule has 6 heteroatoms. The topological polar surface area (TPSA) is 45.2 Å². The molecule has 2 aliphatic heterocycles. The number of methoxy groups -OCH3 is 2. The Kier molecular flexibility index (Phi) is 7.66. The summed E-state index contributed by atoms with van der Waals surface area (Å²) in [7, 11) is 3.36. The van der Waals surface area contributed by atoms with Gasteiger partial charge in [0.05, 0.1) is 14.2 Å². The van der Waals surface area contributed by atoms with Crippen LogP contribution in [0.4, 0.5) is 0 Å². The molecule has 4 rings (SSSR count). The Hall–Kier alpha value is -2.57. The van der Waals surface area contributed by atoms with Crippen molar-refractivity contribution in [3.8, 4) is 11.5 Å². The summed E-state index contributed by atoms with van der Waals surface area (Å²) >= 11 is 0. The van der Waals surface area contributed by atoms with Crippen molar-refractivity contribution in [2.24, 2.45) is 5.92 Å². The first kappa shape index (κ1) is 22.6. The molecule has 0 unspecified atom stereocenters. The summed E-state index contributed by atoms with van der Waals surface area (Å²) < 4.78 is 10.8. The third-order valence-corrected chi connectivity index (χ3v) is 6.76. The Labute approximate surface area is 191 Å². The number of hydrogen-bond donors (Lipinski definition) is 0. The second-order valence-electron chi connectivity index (χ2n) is 8.82. The van der Waals surface area contributed by atoms with E-state index in [-0.39, 0.29) is 5.92 Å². The highest BCUT2D eigenvalue weighted by atomic mass is 16.5. The molecular formula is C26H35N3O3. The number of likely N-dealkylation sites (tertiary alicyclic amines) is 1. The summed E-state index contributed by atoms with van der Waals surface area (Å²) in [4.78, 5) is 20.1. The van der Waals surface area contributed by atoms with Gasteiger partial charge < -0.3 is 14.4 Å². The third kappa shape index (κ3) is 5.61. The lowest BCUT2D eigenvalue weighted by Gasteiger charge is -2.38. The summed E-state index contributed by atoms with van der Waals surface area (Å²) in [6.07, 6.45) is 1.86. The van der Waals surface area contributed by atoms with Gasteiger partial charge in [0, 0.05) is 56.8 Å². The van der Waals surface area contributed by atoms with Gasteiger partial charge in [0.1, 0.15) is 11.5 Å². The zero-order valence-electron chi connectivity index (χ0n) is 19.3. The lowest BCUT2D eigenvalue weighted by Crippen LogP contribution is -2.51. The van der Waals surface area contributed by atoms with Crippen LogP contribution in [0.15, 0.2) is 48.5 Å². The molecule has 2 heterocycles. The zero-order chi connectivity index (χ0) is 22.3. The summed E-state index contributed by atoms with van der Waals surface area (Å²) in [6, 6.07) is 16.6. The number of amides is 1. The standard InChI is InChI=1S/C26H35N3O3/c1-31-24-9-8-23(25(18-24)32-2)20-27-12-10-22(11-13-27)26(30)29-16-14-28(15-17-29)19-21-6-4-3-5-7-21/h3-9,18,22H,10-17,19-20H2,1-2H3. The lowest BCUT2D eigenvalue weighted by atomic mass is 9.94. The Bertz CT molecular complexity index is 873. The van der Waals surface area contributed by atoms with E-state index in [9.17, 15) is 4.79 Å². The first-order valence-electron chi connectivity index (χ1n) is 11.6. The highest BCUT2D eigenvalue weighted by Crippen LogP contribution is 2.28. The second kappa shape index (κ2) is 10.8. The number of nitrogens with zero attached hydrogens (tertiary/aromatic N) is 3. The average Bonchev–Trinajstić information content (AvgIpc) is 2.85. The number of hydrogen-bond acceptors (Lipinski definition) is 5. The molecule has 2 aromatic rings. The summed E-state index contributed by atoms with van der Waals surface area (Å²) in [5, 5.41) is 0. The molecule has 1 amide bonds. The van der Waals surface area contributed by atoms with E-state index in [0.29, 0.717) is 5.91 Å². The van der Waals surface area contributed by atoms with Crippen molar-refractivity contribution >= 4 is 5.91 Å². The van der Waals surface area contributed by atoms with E-state index in [4.69, 9.17) is 9.47 Å². The van der Waals surface area contributed by atoms with Crippen LogP contribution in [0.3, 0.4) is 0 Å². The summed E-state index contributed by atoms with van der Waals surface area (Å²) in [6.45, 7) is 7.29. The number of rotatable bonds is 7. The fourth-order valence-corrected chi connectivity index (χ4v) is 4.79. The van der Waals surface area contributed by atoms with Crippen molar-refractivity contribution in [2.45, 2.75) is 25.9 Å². The molecular weight excluding hydrogens is 402 g/mol. The maximum absolute atomic E-state index is 13.1. The van der Waals surface area contributed by atoms with Crippen LogP contribution in [0.25, 0.3) is 0 Å². The van der Waals surface area contributed by atoms with Crippen molar-refractivity contribution in [3.05, 3.63) is 59.7 Å². The van der Waals surface area contributed by atoms with Gasteiger partial charge in [-0.25, -0.2) is 0 Å². The molecule has 6 nitrogen and oxygen atoms in total. The number of piperazine rings is 1. The maximum Gasteiger partial charge on any atom is 0.225 e. The number of carbonyl (C=O) groups excluding carboxylic acids is 1. The molecule has 2 fully saturated rings. The molecule has 32 heavy (non-hydrogen) atoms. The predicted molar refractivity (Wildman–Crippen MR) is 126 cm³/mol. The molecule has 0 atom stereocenters. The molecule has 0 bridgehead atoms. The van der Waals surface area contributed by atoms with Gasteiger partial charge in [-0.1, -0.05) is 36.4 Å². The fourth-order valence-electron chi connectivity index (χ4n) is 4.79. The van der Waals surface area contributed by atoms with E-state index < -0.39 is 0 Å². The Morgan fingerprint density at radius 1 is 0.844 bits per heavy atom.